The van der Waals surface area contributed by atoms with Crippen LogP contribution >= 0.6 is 0 Å². The number of aliphatic hydroxyl groups is 1. The molecule has 1 unspecified atom stereocenters. The normalized spacial score (nSPS) is 20.4. The molecule has 0 heterocycles. The van der Waals surface area contributed by atoms with Crippen LogP contribution in [0.25, 0.3) is 0 Å². The van der Waals surface area contributed by atoms with Crippen molar-refractivity contribution in [3.05, 3.63) is 35.9 Å². The molecule has 132 valence electrons. The van der Waals surface area contributed by atoms with Gasteiger partial charge in [0.15, 0.2) is 0 Å². The largest absolute Gasteiger partial charge is 0.394 e. The fourth-order valence-corrected chi connectivity index (χ4v) is 4.52. The highest BCUT2D eigenvalue weighted by atomic mass is 16.3. The standard InChI is InChI=1S/C20H30N2O2/c23-14-18(15-8-2-1-3-9-15)21-20(24)22-19(16-10-4-5-11-16)17-12-6-7-13-17/h1-3,8-9,16-19,23H,4-7,10-14H2,(H2,21,22,24). The molecule has 4 nitrogen and oxygen atoms in total. The summed E-state index contributed by atoms with van der Waals surface area (Å²) in [4.78, 5) is 12.6. The third-order valence-corrected chi connectivity index (χ3v) is 5.80. The zero-order chi connectivity index (χ0) is 16.8. The summed E-state index contributed by atoms with van der Waals surface area (Å²) in [7, 11) is 0. The van der Waals surface area contributed by atoms with Crippen molar-refractivity contribution in [2.45, 2.75) is 63.5 Å². The lowest BCUT2D eigenvalue weighted by atomic mass is 9.86. The molecule has 2 saturated carbocycles. The Balaban J connectivity index is 1.61. The number of hydrogen-bond donors (Lipinski definition) is 3. The fraction of sp³-hybridized carbons (Fsp3) is 0.650. The average Bonchev–Trinajstić information content (AvgIpc) is 3.32. The Morgan fingerprint density at radius 2 is 1.50 bits per heavy atom. The van der Waals surface area contributed by atoms with Gasteiger partial charge in [0.05, 0.1) is 12.6 Å². The van der Waals surface area contributed by atoms with Gasteiger partial charge in [-0.15, -0.1) is 0 Å². The lowest BCUT2D eigenvalue weighted by molar-refractivity contribution is 0.199. The molecule has 24 heavy (non-hydrogen) atoms. The summed E-state index contributed by atoms with van der Waals surface area (Å²) in [6.07, 6.45) is 10.1. The van der Waals surface area contributed by atoms with Gasteiger partial charge in [0.25, 0.3) is 0 Å². The molecule has 1 atom stereocenters. The predicted molar refractivity (Wildman–Crippen MR) is 95.6 cm³/mol. The van der Waals surface area contributed by atoms with Crippen molar-refractivity contribution in [2.24, 2.45) is 11.8 Å². The first-order valence-electron chi connectivity index (χ1n) is 9.50. The smallest absolute Gasteiger partial charge is 0.315 e. The van der Waals surface area contributed by atoms with E-state index in [2.05, 4.69) is 10.6 Å². The second kappa shape index (κ2) is 8.52. The Labute approximate surface area is 145 Å². The lowest BCUT2D eigenvalue weighted by Crippen LogP contribution is -2.49. The van der Waals surface area contributed by atoms with E-state index in [-0.39, 0.29) is 18.7 Å². The molecule has 4 heteroatoms. The summed E-state index contributed by atoms with van der Waals surface area (Å²) in [5.41, 5.74) is 0.938. The number of aliphatic hydroxyl groups excluding tert-OH is 1. The molecule has 0 spiro atoms. The quantitative estimate of drug-likeness (QED) is 0.743. The van der Waals surface area contributed by atoms with Crippen molar-refractivity contribution < 1.29 is 9.90 Å². The summed E-state index contributed by atoms with van der Waals surface area (Å²) in [6, 6.07) is 9.48. The number of amides is 2. The second-order valence-corrected chi connectivity index (χ2v) is 7.38. The van der Waals surface area contributed by atoms with Gasteiger partial charge in [-0.2, -0.15) is 0 Å². The van der Waals surface area contributed by atoms with E-state index in [1.54, 1.807) is 0 Å². The monoisotopic (exact) mass is 330 g/mol. The Bertz CT molecular complexity index is 492. The molecule has 3 N–H and O–H groups in total. The van der Waals surface area contributed by atoms with Gasteiger partial charge in [0.1, 0.15) is 0 Å². The van der Waals surface area contributed by atoms with E-state index in [0.29, 0.717) is 17.9 Å². The highest BCUT2D eigenvalue weighted by Crippen LogP contribution is 2.37. The van der Waals surface area contributed by atoms with Crippen molar-refractivity contribution in [1.29, 1.82) is 0 Å². The third-order valence-electron chi connectivity index (χ3n) is 5.80. The van der Waals surface area contributed by atoms with Crippen molar-refractivity contribution in [3.8, 4) is 0 Å². The first-order chi connectivity index (χ1) is 11.8. The molecule has 0 radical (unpaired) electrons. The van der Waals surface area contributed by atoms with Crippen LogP contribution in [0.15, 0.2) is 30.3 Å². The highest BCUT2D eigenvalue weighted by Gasteiger charge is 2.34. The molecular weight excluding hydrogens is 300 g/mol. The van der Waals surface area contributed by atoms with E-state index in [0.717, 1.165) is 5.56 Å². The lowest BCUT2D eigenvalue weighted by Gasteiger charge is -2.31. The number of urea groups is 1. The molecule has 0 saturated heterocycles. The van der Waals surface area contributed by atoms with Gasteiger partial charge in [-0.3, -0.25) is 0 Å². The second-order valence-electron chi connectivity index (χ2n) is 7.38. The van der Waals surface area contributed by atoms with Crippen molar-refractivity contribution in [3.63, 3.8) is 0 Å². The number of carbonyl (C=O) groups is 1. The zero-order valence-corrected chi connectivity index (χ0v) is 14.4. The van der Waals surface area contributed by atoms with Gasteiger partial charge in [-0.05, 0) is 43.1 Å². The molecule has 0 bridgehead atoms. The molecule has 0 aliphatic heterocycles. The first-order valence-corrected chi connectivity index (χ1v) is 9.50. The number of rotatable bonds is 6. The minimum Gasteiger partial charge on any atom is -0.394 e. The average molecular weight is 330 g/mol. The van der Waals surface area contributed by atoms with Gasteiger partial charge in [0.2, 0.25) is 0 Å². The van der Waals surface area contributed by atoms with E-state index in [1.807, 2.05) is 30.3 Å². The maximum absolute atomic E-state index is 12.6. The zero-order valence-electron chi connectivity index (χ0n) is 14.4. The summed E-state index contributed by atoms with van der Waals surface area (Å²) < 4.78 is 0. The van der Waals surface area contributed by atoms with E-state index >= 15 is 0 Å². The van der Waals surface area contributed by atoms with E-state index in [9.17, 15) is 9.90 Å². The van der Waals surface area contributed by atoms with Crippen LogP contribution in [0.1, 0.15) is 63.0 Å². The molecule has 2 amide bonds. The number of carbonyl (C=O) groups excluding carboxylic acids is 1. The minimum absolute atomic E-state index is 0.0883. The van der Waals surface area contributed by atoms with Crippen LogP contribution in [0.3, 0.4) is 0 Å². The molecule has 3 rings (SSSR count). The van der Waals surface area contributed by atoms with Crippen molar-refractivity contribution >= 4 is 6.03 Å². The van der Waals surface area contributed by atoms with Crippen LogP contribution in [0.4, 0.5) is 4.79 Å². The van der Waals surface area contributed by atoms with Crippen molar-refractivity contribution in [2.75, 3.05) is 6.61 Å². The van der Waals surface area contributed by atoms with Crippen molar-refractivity contribution in [1.82, 2.24) is 10.6 Å². The summed E-state index contributed by atoms with van der Waals surface area (Å²) in [5.74, 6) is 1.26. The van der Waals surface area contributed by atoms with Gasteiger partial charge in [0, 0.05) is 6.04 Å². The maximum Gasteiger partial charge on any atom is 0.315 e. The highest BCUT2D eigenvalue weighted by molar-refractivity contribution is 5.75. The van der Waals surface area contributed by atoms with Gasteiger partial charge >= 0.3 is 6.03 Å². The topological polar surface area (TPSA) is 61.4 Å². The molecule has 2 aliphatic carbocycles. The van der Waals surface area contributed by atoms with Gasteiger partial charge in [-0.25, -0.2) is 4.79 Å². The van der Waals surface area contributed by atoms with Crippen LogP contribution < -0.4 is 10.6 Å². The number of nitrogens with one attached hydrogen (secondary N) is 2. The van der Waals surface area contributed by atoms with Crippen LogP contribution in [-0.2, 0) is 0 Å². The Hall–Kier alpha value is -1.55. The number of hydrogen-bond acceptors (Lipinski definition) is 2. The van der Waals surface area contributed by atoms with Crippen LogP contribution in [0.2, 0.25) is 0 Å². The van der Waals surface area contributed by atoms with Gasteiger partial charge in [-0.1, -0.05) is 56.0 Å². The van der Waals surface area contributed by atoms with E-state index < -0.39 is 0 Å². The van der Waals surface area contributed by atoms with Crippen LogP contribution in [0.5, 0.6) is 0 Å². The summed E-state index contributed by atoms with van der Waals surface area (Å²) >= 11 is 0. The Morgan fingerprint density at radius 1 is 0.958 bits per heavy atom. The van der Waals surface area contributed by atoms with E-state index in [1.165, 1.54) is 51.4 Å². The predicted octanol–water partition coefficient (Wildman–Crippen LogP) is 3.77. The van der Waals surface area contributed by atoms with Crippen LogP contribution in [-0.4, -0.2) is 23.8 Å². The van der Waals surface area contributed by atoms with E-state index in [4.69, 9.17) is 0 Å². The Kier molecular flexibility index (Phi) is 6.13. The summed E-state index contributed by atoms with van der Waals surface area (Å²) in [5, 5.41) is 15.9. The maximum atomic E-state index is 12.6. The molecule has 0 aromatic heterocycles. The molecule has 2 fully saturated rings. The first kappa shape index (κ1) is 17.3. The number of benzene rings is 1. The third kappa shape index (κ3) is 4.29. The van der Waals surface area contributed by atoms with Crippen LogP contribution in [0, 0.1) is 11.8 Å². The molecule has 1 aromatic carbocycles. The molecule has 1 aromatic rings. The molecule has 2 aliphatic rings. The summed E-state index contributed by atoms with van der Waals surface area (Å²) in [6.45, 7) is -0.0883. The minimum atomic E-state index is -0.348. The van der Waals surface area contributed by atoms with Gasteiger partial charge < -0.3 is 15.7 Å². The Morgan fingerprint density at radius 3 is 2.00 bits per heavy atom. The fourth-order valence-electron chi connectivity index (χ4n) is 4.52. The molecular formula is C20H30N2O2. The SMILES string of the molecule is O=C(NC(CO)c1ccccc1)NC(C1CCCC1)C1CCCC1.